The van der Waals surface area contributed by atoms with Gasteiger partial charge in [0.25, 0.3) is 0 Å². The molecule has 2 rings (SSSR count). The quantitative estimate of drug-likeness (QED) is 0.837. The number of hydrogen-bond donors (Lipinski definition) is 2. The van der Waals surface area contributed by atoms with E-state index in [9.17, 15) is 0 Å². The minimum absolute atomic E-state index is 0.360. The Morgan fingerprint density at radius 1 is 1.05 bits per heavy atom. The summed E-state index contributed by atoms with van der Waals surface area (Å²) in [6, 6.07) is 7.47. The molecule has 1 unspecified atom stereocenters. The summed E-state index contributed by atoms with van der Waals surface area (Å²) in [5.74, 6) is 1.47. The first kappa shape index (κ1) is 14.9. The van der Waals surface area contributed by atoms with Crippen LogP contribution in [0, 0.1) is 0 Å². The SMILES string of the molecule is CCC(C)Nc1cc(Nc2cc(Cl)cc(Cl)c2)ncn1. The molecule has 1 atom stereocenters. The van der Waals surface area contributed by atoms with Crippen LogP contribution in [0.3, 0.4) is 0 Å². The van der Waals surface area contributed by atoms with Crippen molar-refractivity contribution in [3.8, 4) is 0 Å². The third-order valence-electron chi connectivity index (χ3n) is 2.81. The molecule has 0 amide bonds. The van der Waals surface area contributed by atoms with Crippen LogP contribution >= 0.6 is 23.2 Å². The summed E-state index contributed by atoms with van der Waals surface area (Å²) in [6.45, 7) is 4.22. The molecule has 6 heteroatoms. The summed E-state index contributed by atoms with van der Waals surface area (Å²) >= 11 is 11.9. The maximum absolute atomic E-state index is 5.97. The van der Waals surface area contributed by atoms with Crippen molar-refractivity contribution in [1.82, 2.24) is 9.97 Å². The molecule has 106 valence electrons. The topological polar surface area (TPSA) is 49.8 Å². The van der Waals surface area contributed by atoms with Gasteiger partial charge in [-0.2, -0.15) is 0 Å². The zero-order valence-electron chi connectivity index (χ0n) is 11.3. The van der Waals surface area contributed by atoms with Crippen molar-refractivity contribution in [2.75, 3.05) is 10.6 Å². The fourth-order valence-corrected chi connectivity index (χ4v) is 2.16. The minimum Gasteiger partial charge on any atom is -0.367 e. The molecule has 1 heterocycles. The molecule has 0 aliphatic rings. The zero-order valence-corrected chi connectivity index (χ0v) is 12.8. The fraction of sp³-hybridized carbons (Fsp3) is 0.286. The average molecular weight is 311 g/mol. The average Bonchev–Trinajstić information content (AvgIpc) is 2.37. The lowest BCUT2D eigenvalue weighted by atomic mass is 10.2. The molecule has 0 fully saturated rings. The van der Waals surface area contributed by atoms with Gasteiger partial charge in [0, 0.05) is 27.8 Å². The molecule has 0 saturated heterocycles. The first-order chi connectivity index (χ1) is 9.56. The second-order valence-electron chi connectivity index (χ2n) is 4.53. The van der Waals surface area contributed by atoms with Crippen molar-refractivity contribution in [2.45, 2.75) is 26.3 Å². The minimum atomic E-state index is 0.360. The first-order valence-electron chi connectivity index (χ1n) is 6.38. The summed E-state index contributed by atoms with van der Waals surface area (Å²) < 4.78 is 0. The van der Waals surface area contributed by atoms with Crippen LogP contribution in [-0.4, -0.2) is 16.0 Å². The van der Waals surface area contributed by atoms with Crippen molar-refractivity contribution in [2.24, 2.45) is 0 Å². The van der Waals surface area contributed by atoms with Gasteiger partial charge >= 0.3 is 0 Å². The molecule has 20 heavy (non-hydrogen) atoms. The molecule has 0 aliphatic heterocycles. The van der Waals surface area contributed by atoms with Crippen molar-refractivity contribution in [3.05, 3.63) is 40.6 Å². The standard InChI is InChI=1S/C14H16Cl2N4/c1-3-9(2)19-13-7-14(18-8-17-13)20-12-5-10(15)4-11(16)6-12/h4-9H,3H2,1-2H3,(H2,17,18,19,20). The molecule has 1 aromatic carbocycles. The maximum atomic E-state index is 5.97. The maximum Gasteiger partial charge on any atom is 0.135 e. The normalized spacial score (nSPS) is 12.0. The van der Waals surface area contributed by atoms with E-state index < -0.39 is 0 Å². The van der Waals surface area contributed by atoms with Crippen molar-refractivity contribution in [3.63, 3.8) is 0 Å². The predicted molar refractivity (Wildman–Crippen MR) is 85.2 cm³/mol. The third-order valence-corrected chi connectivity index (χ3v) is 3.25. The summed E-state index contributed by atoms with van der Waals surface area (Å²) in [7, 11) is 0. The van der Waals surface area contributed by atoms with Gasteiger partial charge in [0.05, 0.1) is 0 Å². The number of nitrogens with zero attached hydrogens (tertiary/aromatic N) is 2. The zero-order chi connectivity index (χ0) is 14.5. The number of hydrogen-bond acceptors (Lipinski definition) is 4. The third kappa shape index (κ3) is 4.25. The van der Waals surface area contributed by atoms with Gasteiger partial charge in [-0.05, 0) is 31.5 Å². The second-order valence-corrected chi connectivity index (χ2v) is 5.40. The van der Waals surface area contributed by atoms with Gasteiger partial charge in [-0.25, -0.2) is 9.97 Å². The van der Waals surface area contributed by atoms with Crippen LogP contribution in [0.2, 0.25) is 10.0 Å². The lowest BCUT2D eigenvalue weighted by molar-refractivity contribution is 0.758. The highest BCUT2D eigenvalue weighted by Gasteiger charge is 2.04. The van der Waals surface area contributed by atoms with Crippen LogP contribution in [-0.2, 0) is 0 Å². The highest BCUT2D eigenvalue weighted by Crippen LogP contribution is 2.25. The smallest absolute Gasteiger partial charge is 0.135 e. The molecule has 1 aromatic heterocycles. The number of halogens is 2. The number of rotatable bonds is 5. The number of aromatic nitrogens is 2. The Kier molecular flexibility index (Phi) is 5.04. The van der Waals surface area contributed by atoms with Gasteiger partial charge in [-0.1, -0.05) is 30.1 Å². The van der Waals surface area contributed by atoms with Crippen LogP contribution in [0.15, 0.2) is 30.6 Å². The summed E-state index contributed by atoms with van der Waals surface area (Å²) in [5.41, 5.74) is 0.788. The van der Waals surface area contributed by atoms with E-state index in [0.717, 1.165) is 17.9 Å². The Morgan fingerprint density at radius 3 is 2.35 bits per heavy atom. The Labute approximate surface area is 128 Å². The molecule has 0 radical (unpaired) electrons. The molecule has 0 saturated carbocycles. The predicted octanol–water partition coefficient (Wildman–Crippen LogP) is 4.74. The van der Waals surface area contributed by atoms with Crippen molar-refractivity contribution < 1.29 is 0 Å². The van der Waals surface area contributed by atoms with Crippen LogP contribution in [0.25, 0.3) is 0 Å². The number of benzene rings is 1. The molecule has 2 aromatic rings. The van der Waals surface area contributed by atoms with E-state index in [1.165, 1.54) is 6.33 Å². The number of nitrogens with one attached hydrogen (secondary N) is 2. The highest BCUT2D eigenvalue weighted by molar-refractivity contribution is 6.35. The van der Waals surface area contributed by atoms with Gasteiger partial charge in [0.2, 0.25) is 0 Å². The van der Waals surface area contributed by atoms with Crippen LogP contribution in [0.4, 0.5) is 17.3 Å². The van der Waals surface area contributed by atoms with Crippen molar-refractivity contribution in [1.29, 1.82) is 0 Å². The molecular weight excluding hydrogens is 295 g/mol. The van der Waals surface area contributed by atoms with Gasteiger partial charge in [-0.3, -0.25) is 0 Å². The molecule has 0 bridgehead atoms. The van der Waals surface area contributed by atoms with Crippen LogP contribution < -0.4 is 10.6 Å². The fourth-order valence-electron chi connectivity index (χ4n) is 1.63. The molecule has 0 spiro atoms. The molecule has 0 aliphatic carbocycles. The monoisotopic (exact) mass is 310 g/mol. The molecule has 4 nitrogen and oxygen atoms in total. The van der Waals surface area contributed by atoms with E-state index in [2.05, 4.69) is 34.4 Å². The van der Waals surface area contributed by atoms with Gasteiger partial charge in [-0.15, -0.1) is 0 Å². The summed E-state index contributed by atoms with van der Waals surface area (Å²) in [4.78, 5) is 8.37. The Hall–Kier alpha value is -1.52. The Balaban J connectivity index is 2.15. The summed E-state index contributed by atoms with van der Waals surface area (Å²) in [5, 5.41) is 7.61. The summed E-state index contributed by atoms with van der Waals surface area (Å²) in [6.07, 6.45) is 2.54. The van der Waals surface area contributed by atoms with Gasteiger partial charge < -0.3 is 10.6 Å². The van der Waals surface area contributed by atoms with Crippen molar-refractivity contribution >= 4 is 40.5 Å². The molecular formula is C14H16Cl2N4. The van der Waals surface area contributed by atoms with E-state index >= 15 is 0 Å². The Bertz CT molecular complexity index is 569. The highest BCUT2D eigenvalue weighted by atomic mass is 35.5. The van der Waals surface area contributed by atoms with E-state index in [1.807, 2.05) is 6.07 Å². The Morgan fingerprint density at radius 2 is 1.70 bits per heavy atom. The number of anilines is 3. The van der Waals surface area contributed by atoms with E-state index in [4.69, 9.17) is 23.2 Å². The lowest BCUT2D eigenvalue weighted by Crippen LogP contribution is -2.14. The van der Waals surface area contributed by atoms with Crippen LogP contribution in [0.1, 0.15) is 20.3 Å². The van der Waals surface area contributed by atoms with E-state index in [0.29, 0.717) is 21.9 Å². The lowest BCUT2D eigenvalue weighted by Gasteiger charge is -2.13. The van der Waals surface area contributed by atoms with Gasteiger partial charge in [0.1, 0.15) is 18.0 Å². The largest absolute Gasteiger partial charge is 0.367 e. The van der Waals surface area contributed by atoms with E-state index in [-0.39, 0.29) is 0 Å². The molecule has 2 N–H and O–H groups in total. The van der Waals surface area contributed by atoms with Crippen LogP contribution in [0.5, 0.6) is 0 Å². The second kappa shape index (κ2) is 6.77. The van der Waals surface area contributed by atoms with E-state index in [1.54, 1.807) is 18.2 Å². The van der Waals surface area contributed by atoms with Gasteiger partial charge in [0.15, 0.2) is 0 Å². The first-order valence-corrected chi connectivity index (χ1v) is 7.14.